The molecule has 0 aliphatic rings. The summed E-state index contributed by atoms with van der Waals surface area (Å²) in [6, 6.07) is 8.79. The first kappa shape index (κ1) is 11.7. The molecule has 0 bridgehead atoms. The van der Waals surface area contributed by atoms with Crippen molar-refractivity contribution in [2.24, 2.45) is 0 Å². The molecule has 90 valence electrons. The largest absolute Gasteiger partial charge is 0.301 e. The standard InChI is InChI=1S/C12H17N5/c1-8-5-4-6-11(7-8)9(2)13-10(3)12-14-16-17-15-12/h4-7,9-10,13H,1-3H3,(H,14,15,16,17). The van der Waals surface area contributed by atoms with E-state index in [4.69, 9.17) is 0 Å². The maximum absolute atomic E-state index is 3.97. The van der Waals surface area contributed by atoms with Crippen LogP contribution < -0.4 is 5.32 Å². The Morgan fingerprint density at radius 1 is 1.24 bits per heavy atom. The molecule has 0 aliphatic carbocycles. The first-order valence-corrected chi connectivity index (χ1v) is 5.73. The average Bonchev–Trinajstić information content (AvgIpc) is 2.82. The van der Waals surface area contributed by atoms with Crippen molar-refractivity contribution in [3.63, 3.8) is 0 Å². The number of tetrazole rings is 1. The Labute approximate surface area is 101 Å². The molecular formula is C12H17N5. The van der Waals surface area contributed by atoms with Gasteiger partial charge in [-0.15, -0.1) is 10.2 Å². The summed E-state index contributed by atoms with van der Waals surface area (Å²) >= 11 is 0. The van der Waals surface area contributed by atoms with Gasteiger partial charge in [0.15, 0.2) is 5.82 Å². The van der Waals surface area contributed by atoms with Crippen LogP contribution in [-0.2, 0) is 0 Å². The molecule has 2 aromatic rings. The lowest BCUT2D eigenvalue weighted by atomic mass is 10.1. The molecule has 0 amide bonds. The van der Waals surface area contributed by atoms with Crippen molar-refractivity contribution >= 4 is 0 Å². The van der Waals surface area contributed by atoms with E-state index in [9.17, 15) is 0 Å². The second-order valence-corrected chi connectivity index (χ2v) is 4.29. The molecule has 5 nitrogen and oxygen atoms in total. The predicted octanol–water partition coefficient (Wildman–Crippen LogP) is 1.92. The summed E-state index contributed by atoms with van der Waals surface area (Å²) < 4.78 is 0. The van der Waals surface area contributed by atoms with Crippen LogP contribution in [-0.4, -0.2) is 20.6 Å². The minimum Gasteiger partial charge on any atom is -0.301 e. The van der Waals surface area contributed by atoms with Crippen LogP contribution in [0.25, 0.3) is 0 Å². The Balaban J connectivity index is 2.04. The van der Waals surface area contributed by atoms with Gasteiger partial charge in [-0.2, -0.15) is 5.21 Å². The van der Waals surface area contributed by atoms with Gasteiger partial charge in [0.1, 0.15) is 0 Å². The van der Waals surface area contributed by atoms with Crippen molar-refractivity contribution in [1.82, 2.24) is 25.9 Å². The highest BCUT2D eigenvalue weighted by molar-refractivity contribution is 5.24. The fraction of sp³-hybridized carbons (Fsp3) is 0.417. The highest BCUT2D eigenvalue weighted by Crippen LogP contribution is 2.17. The lowest BCUT2D eigenvalue weighted by molar-refractivity contribution is 0.476. The van der Waals surface area contributed by atoms with Gasteiger partial charge >= 0.3 is 0 Å². The number of H-pyrrole nitrogens is 1. The molecule has 1 aromatic heterocycles. The lowest BCUT2D eigenvalue weighted by Crippen LogP contribution is -2.23. The van der Waals surface area contributed by atoms with Crippen LogP contribution in [0.1, 0.15) is 42.9 Å². The molecule has 0 saturated carbocycles. The minimum absolute atomic E-state index is 0.0734. The van der Waals surface area contributed by atoms with Gasteiger partial charge < -0.3 is 5.32 Å². The number of nitrogens with one attached hydrogen (secondary N) is 2. The van der Waals surface area contributed by atoms with E-state index in [-0.39, 0.29) is 12.1 Å². The van der Waals surface area contributed by atoms with Gasteiger partial charge in [0.25, 0.3) is 0 Å². The normalized spacial score (nSPS) is 14.5. The van der Waals surface area contributed by atoms with E-state index >= 15 is 0 Å². The smallest absolute Gasteiger partial charge is 0.191 e. The highest BCUT2D eigenvalue weighted by atomic mass is 15.5. The third kappa shape index (κ3) is 2.88. The quantitative estimate of drug-likeness (QED) is 0.843. The Morgan fingerprint density at radius 2 is 2.06 bits per heavy atom. The summed E-state index contributed by atoms with van der Waals surface area (Å²) in [6.07, 6.45) is 0. The second kappa shape index (κ2) is 5.05. The third-order valence-corrected chi connectivity index (χ3v) is 2.79. The number of benzene rings is 1. The van der Waals surface area contributed by atoms with Crippen LogP contribution in [0.4, 0.5) is 0 Å². The molecular weight excluding hydrogens is 214 g/mol. The predicted molar refractivity (Wildman–Crippen MR) is 65.3 cm³/mol. The van der Waals surface area contributed by atoms with E-state index in [1.54, 1.807) is 0 Å². The summed E-state index contributed by atoms with van der Waals surface area (Å²) in [5.41, 5.74) is 2.53. The molecule has 0 spiro atoms. The van der Waals surface area contributed by atoms with Crippen LogP contribution >= 0.6 is 0 Å². The zero-order chi connectivity index (χ0) is 12.3. The Bertz CT molecular complexity index is 466. The number of aryl methyl sites for hydroxylation is 1. The van der Waals surface area contributed by atoms with Gasteiger partial charge in [-0.05, 0) is 26.3 Å². The van der Waals surface area contributed by atoms with E-state index in [1.165, 1.54) is 11.1 Å². The molecule has 2 rings (SSSR count). The van der Waals surface area contributed by atoms with Gasteiger partial charge in [0, 0.05) is 6.04 Å². The average molecular weight is 231 g/mol. The Hall–Kier alpha value is -1.75. The van der Waals surface area contributed by atoms with Gasteiger partial charge in [-0.1, -0.05) is 35.0 Å². The molecule has 0 radical (unpaired) electrons. The molecule has 0 fully saturated rings. The number of aromatic nitrogens is 4. The summed E-state index contributed by atoms with van der Waals surface area (Å²) in [5, 5.41) is 17.4. The van der Waals surface area contributed by atoms with Crippen molar-refractivity contribution in [1.29, 1.82) is 0 Å². The van der Waals surface area contributed by atoms with Gasteiger partial charge in [-0.25, -0.2) is 0 Å². The van der Waals surface area contributed by atoms with Crippen LogP contribution in [0, 0.1) is 6.92 Å². The molecule has 2 N–H and O–H groups in total. The summed E-state index contributed by atoms with van der Waals surface area (Å²) in [7, 11) is 0. The molecule has 2 unspecified atom stereocenters. The first-order valence-electron chi connectivity index (χ1n) is 5.73. The molecule has 17 heavy (non-hydrogen) atoms. The summed E-state index contributed by atoms with van der Waals surface area (Å²) in [6.45, 7) is 6.25. The molecule has 0 aliphatic heterocycles. The van der Waals surface area contributed by atoms with E-state index in [0.717, 1.165) is 0 Å². The van der Waals surface area contributed by atoms with Crippen molar-refractivity contribution in [3.8, 4) is 0 Å². The monoisotopic (exact) mass is 231 g/mol. The van der Waals surface area contributed by atoms with Gasteiger partial charge in [0.2, 0.25) is 0 Å². The van der Waals surface area contributed by atoms with Crippen molar-refractivity contribution in [2.75, 3.05) is 0 Å². The molecule has 5 heteroatoms. The summed E-state index contributed by atoms with van der Waals surface area (Å²) in [4.78, 5) is 0. The van der Waals surface area contributed by atoms with E-state index < -0.39 is 0 Å². The number of nitrogens with zero attached hydrogens (tertiary/aromatic N) is 3. The van der Waals surface area contributed by atoms with Crippen molar-refractivity contribution in [3.05, 3.63) is 41.2 Å². The van der Waals surface area contributed by atoms with Gasteiger partial charge in [0.05, 0.1) is 6.04 Å². The van der Waals surface area contributed by atoms with Crippen molar-refractivity contribution in [2.45, 2.75) is 32.9 Å². The maximum Gasteiger partial charge on any atom is 0.191 e. The lowest BCUT2D eigenvalue weighted by Gasteiger charge is -2.18. The SMILES string of the molecule is Cc1cccc(C(C)NC(C)c2nn[nH]n2)c1. The minimum atomic E-state index is 0.0734. The zero-order valence-corrected chi connectivity index (χ0v) is 10.3. The van der Waals surface area contributed by atoms with Crippen molar-refractivity contribution < 1.29 is 0 Å². The topological polar surface area (TPSA) is 66.5 Å². The number of hydrogen-bond acceptors (Lipinski definition) is 4. The van der Waals surface area contributed by atoms with Gasteiger partial charge in [-0.3, -0.25) is 0 Å². The zero-order valence-electron chi connectivity index (χ0n) is 10.3. The molecule has 0 saturated heterocycles. The highest BCUT2D eigenvalue weighted by Gasteiger charge is 2.14. The van der Waals surface area contributed by atoms with Crippen LogP contribution in [0.3, 0.4) is 0 Å². The first-order chi connectivity index (χ1) is 8.16. The second-order valence-electron chi connectivity index (χ2n) is 4.29. The van der Waals surface area contributed by atoms with E-state index in [1.807, 2.05) is 6.92 Å². The van der Waals surface area contributed by atoms with Crippen LogP contribution in [0.5, 0.6) is 0 Å². The number of hydrogen-bond donors (Lipinski definition) is 2. The molecule has 1 heterocycles. The third-order valence-electron chi connectivity index (χ3n) is 2.79. The number of rotatable bonds is 4. The Kier molecular flexibility index (Phi) is 3.49. The van der Waals surface area contributed by atoms with E-state index in [0.29, 0.717) is 5.82 Å². The fourth-order valence-corrected chi connectivity index (χ4v) is 1.84. The number of aromatic amines is 1. The van der Waals surface area contributed by atoms with E-state index in [2.05, 4.69) is 64.1 Å². The van der Waals surface area contributed by atoms with Crippen LogP contribution in [0.2, 0.25) is 0 Å². The molecule has 2 atom stereocenters. The van der Waals surface area contributed by atoms with Crippen LogP contribution in [0.15, 0.2) is 24.3 Å². The maximum atomic E-state index is 3.97. The molecule has 1 aromatic carbocycles. The fourth-order valence-electron chi connectivity index (χ4n) is 1.84. The summed E-state index contributed by atoms with van der Waals surface area (Å²) in [5.74, 6) is 0.685. The Morgan fingerprint density at radius 3 is 2.71 bits per heavy atom.